The average Bonchev–Trinajstić information content (AvgIpc) is 0.663. The molecular formula is C99H122Cl4O18. The third-order valence-corrected chi connectivity index (χ3v) is 28.6. The van der Waals surface area contributed by atoms with Crippen molar-refractivity contribution in [2.45, 2.75) is 288 Å². The molecule has 0 bridgehead atoms. The zero-order chi connectivity index (χ0) is 90.6. The maximum Gasteiger partial charge on any atom is 0.333 e. The molecule has 8 fully saturated rings. The van der Waals surface area contributed by atoms with Gasteiger partial charge in [0.2, 0.25) is 14.4 Å². The van der Waals surface area contributed by atoms with Crippen molar-refractivity contribution in [2.75, 3.05) is 0 Å². The third-order valence-electron chi connectivity index (χ3n) is 27.1. The number of hydrogen-bond donors (Lipinski definition) is 0. The monoisotopic (exact) mass is 1740 g/mol. The summed E-state index contributed by atoms with van der Waals surface area (Å²) in [7, 11) is 0. The Morgan fingerprint density at radius 1 is 0.331 bits per heavy atom. The van der Waals surface area contributed by atoms with E-state index in [-0.39, 0.29) is 75.4 Å². The minimum Gasteiger partial charge on any atom is -0.458 e. The largest absolute Gasteiger partial charge is 0.458 e. The van der Waals surface area contributed by atoms with Crippen LogP contribution in [0.1, 0.15) is 255 Å². The highest BCUT2D eigenvalue weighted by Gasteiger charge is 2.79. The molecule has 0 aromatic heterocycles. The van der Waals surface area contributed by atoms with Crippen LogP contribution in [0.3, 0.4) is 0 Å². The molecule has 0 amide bonds. The van der Waals surface area contributed by atoms with Crippen LogP contribution in [0.5, 0.6) is 0 Å². The molecule has 22 heteroatoms. The van der Waals surface area contributed by atoms with E-state index in [1.165, 1.54) is 19.8 Å². The van der Waals surface area contributed by atoms with Gasteiger partial charge in [-0.15, -0.1) is 0 Å². The molecule has 0 aliphatic heterocycles. The van der Waals surface area contributed by atoms with Gasteiger partial charge in [-0.25, -0.2) is 28.8 Å². The quantitative estimate of drug-likeness (QED) is 0.0273. The lowest BCUT2D eigenvalue weighted by atomic mass is 9.38. The number of alkyl halides is 4. The van der Waals surface area contributed by atoms with Crippen molar-refractivity contribution in [2.24, 2.45) is 32.5 Å². The first-order valence-corrected chi connectivity index (χ1v) is 43.8. The Bertz CT molecular complexity index is 4330. The van der Waals surface area contributed by atoms with Crippen molar-refractivity contribution >= 4 is 117 Å². The number of benzene rings is 4. The fraction of sp³-hybridized carbons (Fsp3) is 0.515. The molecule has 0 heterocycles. The standard InChI is InChI=1S/C32H26O3.C18H26O3.C17H28O3.C16H26O3.C8H6Cl4O3.C8H10O3/c1-23(2)28(33)35-30-31(24-15-7-3-8-16-24,25-17-9-4-10-18-25)29(34)32(30,26-19-11-5-12-20-26)27-21-13-6-14-22-27;1-13(2)14(19)21-16-17(9-5-3-6-10-17)15(20)18(16)11-7-4-8-12-18;1-8-16(9-2)14(19)17(10-3,11-4)15(16,7)20-13(18)12(5)6;1-7-15(8-2)13(18)16(9-3,10-4)14(15)19-12(17)11(5)6;1-3(2)4(13)15-6-7(9,10)5(14)8(6,11)12;1-5(2)8(10)11-7-3-6(9)4-7/h3-22,30H,1H2,2H3;16H,1,3-12H2,2H3;5,8-11H2,1-4,6-7H3;14H,5,7-10H2,1-4,6H3;6H,1H2,2H3;7H,1,3-4H2,2H3. The first-order chi connectivity index (χ1) is 56.9. The van der Waals surface area contributed by atoms with Crippen LogP contribution in [-0.2, 0) is 96.8 Å². The molecule has 0 unspecified atom stereocenters. The van der Waals surface area contributed by atoms with Gasteiger partial charge in [0, 0.05) is 46.3 Å². The summed E-state index contributed by atoms with van der Waals surface area (Å²) in [4.78, 5) is 146. The Morgan fingerprint density at radius 2 is 0.603 bits per heavy atom. The highest BCUT2D eigenvalue weighted by molar-refractivity contribution is 6.74. The Hall–Kier alpha value is -8.68. The summed E-state index contributed by atoms with van der Waals surface area (Å²) in [5.74, 6) is -2.50. The van der Waals surface area contributed by atoms with E-state index in [0.29, 0.717) is 66.6 Å². The molecule has 8 aliphatic rings. The first-order valence-electron chi connectivity index (χ1n) is 42.3. The molecule has 0 atom stereocenters. The lowest BCUT2D eigenvalue weighted by Gasteiger charge is -2.66. The summed E-state index contributed by atoms with van der Waals surface area (Å²) in [6, 6.07) is 38.5. The number of ketones is 6. The number of ether oxygens (including phenoxy) is 6. The second kappa shape index (κ2) is 39.9. The van der Waals surface area contributed by atoms with Crippen LogP contribution >= 0.6 is 46.4 Å². The Morgan fingerprint density at radius 3 is 0.876 bits per heavy atom. The molecule has 8 saturated carbocycles. The lowest BCUT2D eigenvalue weighted by molar-refractivity contribution is -0.250. The van der Waals surface area contributed by atoms with E-state index in [1.807, 2.05) is 184 Å². The third kappa shape index (κ3) is 17.7. The SMILES string of the molecule is C=C(C)C(=O)OC1(C)C(CC)(CC)C(=O)C1(CC)CC.C=C(C)C(=O)OC1C(CC)(CC)C(=O)C1(CC)CC.C=C(C)C(=O)OC1C(Cl)(Cl)C(=O)C1(Cl)Cl.C=C(C)C(=O)OC1C(c2ccccc2)(c2ccccc2)C(=O)C1(c1ccccc1)c1ccccc1.C=C(C)C(=O)OC1C2(CCCCC2)C(=O)C12CCCCC2.C=C(C)C(=O)OC1CC(=O)C1. The van der Waals surface area contributed by atoms with Crippen LogP contribution in [-0.4, -0.2) is 115 Å². The normalized spacial score (nSPS) is 20.8. The highest BCUT2D eigenvalue weighted by atomic mass is 35.5. The highest BCUT2D eigenvalue weighted by Crippen LogP contribution is 2.69. The van der Waals surface area contributed by atoms with E-state index in [2.05, 4.69) is 39.5 Å². The van der Waals surface area contributed by atoms with Crippen molar-refractivity contribution in [1.29, 1.82) is 0 Å². The smallest absolute Gasteiger partial charge is 0.333 e. The van der Waals surface area contributed by atoms with E-state index in [1.54, 1.807) is 34.6 Å². The molecule has 654 valence electrons. The summed E-state index contributed by atoms with van der Waals surface area (Å²) in [6.07, 6.45) is 14.0. The van der Waals surface area contributed by atoms with Crippen molar-refractivity contribution in [3.63, 3.8) is 0 Å². The summed E-state index contributed by atoms with van der Waals surface area (Å²) >= 11 is 22.4. The molecule has 4 aromatic carbocycles. The molecule has 4 aromatic rings. The van der Waals surface area contributed by atoms with Gasteiger partial charge in [-0.05, 0) is 148 Å². The number of carbonyl (C=O) groups excluding carboxylic acids is 12. The van der Waals surface area contributed by atoms with E-state index < -0.39 is 88.6 Å². The second-order valence-electron chi connectivity index (χ2n) is 33.9. The Balaban J connectivity index is 0.000000208. The predicted molar refractivity (Wildman–Crippen MR) is 471 cm³/mol. The molecule has 0 N–H and O–H groups in total. The maximum atomic E-state index is 15.0. The van der Waals surface area contributed by atoms with Gasteiger partial charge < -0.3 is 28.4 Å². The van der Waals surface area contributed by atoms with Gasteiger partial charge in [-0.3, -0.25) is 28.8 Å². The van der Waals surface area contributed by atoms with Crippen molar-refractivity contribution in [1.82, 2.24) is 0 Å². The van der Waals surface area contributed by atoms with Crippen LogP contribution in [0.2, 0.25) is 0 Å². The summed E-state index contributed by atoms with van der Waals surface area (Å²) in [6.45, 7) is 49.1. The molecule has 0 saturated heterocycles. The molecular weight excluding hydrogens is 1620 g/mol. The zero-order valence-electron chi connectivity index (χ0n) is 73.2. The van der Waals surface area contributed by atoms with Crippen molar-refractivity contribution < 1.29 is 86.0 Å². The maximum absolute atomic E-state index is 15.0. The minimum absolute atomic E-state index is 0.0284. The number of Topliss-reactive ketones (excluding diaryl/α,β-unsaturated/α-hetero) is 6. The van der Waals surface area contributed by atoms with E-state index >= 15 is 0 Å². The van der Waals surface area contributed by atoms with Gasteiger partial charge in [-0.1, -0.05) is 301 Å². The van der Waals surface area contributed by atoms with Gasteiger partial charge in [0.05, 0.1) is 32.5 Å². The van der Waals surface area contributed by atoms with Gasteiger partial charge in [0.25, 0.3) is 0 Å². The molecule has 2 spiro atoms. The van der Waals surface area contributed by atoms with Crippen LogP contribution < -0.4 is 0 Å². The van der Waals surface area contributed by atoms with Crippen LogP contribution in [0.15, 0.2) is 194 Å². The van der Waals surface area contributed by atoms with Gasteiger partial charge in [0.1, 0.15) is 46.6 Å². The van der Waals surface area contributed by atoms with Crippen LogP contribution in [0.4, 0.5) is 0 Å². The number of esters is 6. The van der Waals surface area contributed by atoms with Gasteiger partial charge in [-0.2, -0.15) is 0 Å². The van der Waals surface area contributed by atoms with Crippen LogP contribution in [0.25, 0.3) is 0 Å². The Labute approximate surface area is 735 Å². The minimum atomic E-state index is -1.89. The zero-order valence-corrected chi connectivity index (χ0v) is 76.2. The van der Waals surface area contributed by atoms with Crippen molar-refractivity contribution in [3.05, 3.63) is 216 Å². The first kappa shape index (κ1) is 99.4. The predicted octanol–water partition coefficient (Wildman–Crippen LogP) is 21.0. The Kier molecular flexibility index (Phi) is 32.8. The molecule has 121 heavy (non-hydrogen) atoms. The topological polar surface area (TPSA) is 260 Å². The summed E-state index contributed by atoms with van der Waals surface area (Å²) < 4.78 is 29.5. The second-order valence-corrected chi connectivity index (χ2v) is 36.7. The van der Waals surface area contributed by atoms with E-state index in [0.717, 1.165) is 99.3 Å². The van der Waals surface area contributed by atoms with E-state index in [9.17, 15) is 57.5 Å². The summed E-state index contributed by atoms with van der Waals surface area (Å²) in [5, 5.41) is 0. The fourth-order valence-electron chi connectivity index (χ4n) is 19.9. The molecule has 0 radical (unpaired) electrons. The summed E-state index contributed by atoms with van der Waals surface area (Å²) in [5.41, 5.74) is -0.738. The lowest BCUT2D eigenvalue weighted by Crippen LogP contribution is -2.77. The molecule has 12 rings (SSSR count). The van der Waals surface area contributed by atoms with E-state index in [4.69, 9.17) is 74.8 Å². The van der Waals surface area contributed by atoms with Gasteiger partial charge in [0.15, 0.2) is 29.2 Å². The number of halogens is 4. The molecule has 8 aliphatic carbocycles. The number of rotatable bonds is 24. The van der Waals surface area contributed by atoms with Crippen LogP contribution in [0, 0.1) is 32.5 Å². The van der Waals surface area contributed by atoms with Gasteiger partial charge >= 0.3 is 35.8 Å². The number of hydrogen-bond acceptors (Lipinski definition) is 18. The number of carbonyl (C=O) groups is 12. The van der Waals surface area contributed by atoms with Crippen molar-refractivity contribution in [3.8, 4) is 0 Å². The fourth-order valence-corrected chi connectivity index (χ4v) is 21.8. The molecule has 18 nitrogen and oxygen atoms in total. The average molecular weight is 1740 g/mol.